The molecule has 0 aromatic carbocycles. The second-order valence-electron chi connectivity index (χ2n) is 5.24. The predicted molar refractivity (Wildman–Crippen MR) is 60.2 cm³/mol. The van der Waals surface area contributed by atoms with Crippen LogP contribution in [0, 0.1) is 5.92 Å². The van der Waals surface area contributed by atoms with Gasteiger partial charge in [0.1, 0.15) is 0 Å². The zero-order valence-corrected chi connectivity index (χ0v) is 10.5. The quantitative estimate of drug-likeness (QED) is 0.776. The van der Waals surface area contributed by atoms with E-state index in [2.05, 4.69) is 5.32 Å². The third kappa shape index (κ3) is 7.09. The van der Waals surface area contributed by atoms with Crippen LogP contribution in [-0.2, 0) is 9.53 Å². The van der Waals surface area contributed by atoms with Crippen LogP contribution in [0.3, 0.4) is 0 Å². The highest BCUT2D eigenvalue weighted by molar-refractivity contribution is 5.77. The zero-order valence-electron chi connectivity index (χ0n) is 10.5. The number of hydrogen-bond acceptors (Lipinski definition) is 3. The maximum atomic E-state index is 11.4. The van der Waals surface area contributed by atoms with Gasteiger partial charge in [-0.1, -0.05) is 13.8 Å². The minimum atomic E-state index is -1.11. The lowest BCUT2D eigenvalue weighted by molar-refractivity contribution is -0.147. The van der Waals surface area contributed by atoms with Gasteiger partial charge < -0.3 is 15.2 Å². The molecule has 0 bridgehead atoms. The summed E-state index contributed by atoms with van der Waals surface area (Å²) in [7, 11) is 0. The van der Waals surface area contributed by atoms with Gasteiger partial charge in [0.25, 0.3) is 0 Å². The fraction of sp³-hybridized carbons (Fsp3) is 0.818. The van der Waals surface area contributed by atoms with Crippen LogP contribution in [0.25, 0.3) is 0 Å². The summed E-state index contributed by atoms with van der Waals surface area (Å²) in [5.41, 5.74) is -0.433. The van der Waals surface area contributed by atoms with Gasteiger partial charge in [0, 0.05) is 5.54 Å². The van der Waals surface area contributed by atoms with Crippen molar-refractivity contribution in [2.75, 3.05) is 0 Å². The number of amides is 1. The molecule has 94 valence electrons. The lowest BCUT2D eigenvalue weighted by atomic mass is 10.1. The average molecular weight is 231 g/mol. The SMILES string of the molecule is CC(C)C[C@H](OC(=O)NC(C)(C)C)C(=O)O. The average Bonchev–Trinajstić information content (AvgIpc) is 1.97. The van der Waals surface area contributed by atoms with Crippen molar-refractivity contribution >= 4 is 12.1 Å². The van der Waals surface area contributed by atoms with Crippen LogP contribution < -0.4 is 5.32 Å². The molecule has 0 saturated carbocycles. The minimum absolute atomic E-state index is 0.156. The summed E-state index contributed by atoms with van der Waals surface area (Å²) in [6.45, 7) is 9.15. The Morgan fingerprint density at radius 2 is 1.81 bits per heavy atom. The van der Waals surface area contributed by atoms with Gasteiger partial charge in [-0.25, -0.2) is 9.59 Å². The van der Waals surface area contributed by atoms with E-state index < -0.39 is 23.7 Å². The number of alkyl carbamates (subject to hydrolysis) is 1. The van der Waals surface area contributed by atoms with Crippen LogP contribution in [0.5, 0.6) is 0 Å². The normalized spacial score (nSPS) is 13.4. The maximum Gasteiger partial charge on any atom is 0.408 e. The summed E-state index contributed by atoms with van der Waals surface area (Å²) in [5.74, 6) is -0.957. The molecule has 1 atom stereocenters. The summed E-state index contributed by atoms with van der Waals surface area (Å²) in [6, 6.07) is 0. The highest BCUT2D eigenvalue weighted by Gasteiger charge is 2.25. The Labute approximate surface area is 96.2 Å². The number of aliphatic carboxylic acids is 1. The van der Waals surface area contributed by atoms with Gasteiger partial charge in [0.15, 0.2) is 0 Å². The standard InChI is InChI=1S/C11H21NO4/c1-7(2)6-8(9(13)14)16-10(15)12-11(3,4)5/h7-8H,6H2,1-5H3,(H,12,15)(H,13,14)/t8-/m0/s1. The van der Waals surface area contributed by atoms with Gasteiger partial charge in [-0.2, -0.15) is 0 Å². The number of rotatable bonds is 4. The third-order valence-corrected chi connectivity index (χ3v) is 1.69. The number of carboxylic acid groups (broad SMARTS) is 1. The summed E-state index contributed by atoms with van der Waals surface area (Å²) >= 11 is 0. The first kappa shape index (κ1) is 14.7. The summed E-state index contributed by atoms with van der Waals surface area (Å²) in [4.78, 5) is 22.2. The second-order valence-corrected chi connectivity index (χ2v) is 5.24. The van der Waals surface area contributed by atoms with Crippen molar-refractivity contribution in [1.82, 2.24) is 5.32 Å². The first-order chi connectivity index (χ1) is 7.11. The van der Waals surface area contributed by atoms with E-state index in [0.29, 0.717) is 6.42 Å². The largest absolute Gasteiger partial charge is 0.479 e. The zero-order chi connectivity index (χ0) is 12.9. The first-order valence-corrected chi connectivity index (χ1v) is 5.33. The van der Waals surface area contributed by atoms with Gasteiger partial charge in [-0.05, 0) is 33.1 Å². The highest BCUT2D eigenvalue weighted by atomic mass is 16.6. The van der Waals surface area contributed by atoms with Gasteiger partial charge in [0.05, 0.1) is 0 Å². The summed E-state index contributed by atoms with van der Waals surface area (Å²) in [6.07, 6.45) is -1.46. The molecule has 0 aromatic rings. The third-order valence-electron chi connectivity index (χ3n) is 1.69. The molecule has 0 spiro atoms. The van der Waals surface area contributed by atoms with Crippen LogP contribution in [0.15, 0.2) is 0 Å². The number of hydrogen-bond donors (Lipinski definition) is 2. The molecule has 0 rings (SSSR count). The van der Waals surface area contributed by atoms with E-state index in [9.17, 15) is 9.59 Å². The molecule has 0 radical (unpaired) electrons. The van der Waals surface area contributed by atoms with Gasteiger partial charge in [-0.15, -0.1) is 0 Å². The van der Waals surface area contributed by atoms with Gasteiger partial charge in [-0.3, -0.25) is 0 Å². The van der Waals surface area contributed by atoms with Crippen LogP contribution in [-0.4, -0.2) is 28.8 Å². The molecule has 0 saturated heterocycles. The van der Waals surface area contributed by atoms with E-state index in [4.69, 9.17) is 9.84 Å². The second kappa shape index (κ2) is 5.72. The molecule has 0 heterocycles. The van der Waals surface area contributed by atoms with E-state index in [1.165, 1.54) is 0 Å². The lowest BCUT2D eigenvalue weighted by Crippen LogP contribution is -2.43. The number of carboxylic acids is 1. The molecule has 16 heavy (non-hydrogen) atoms. The summed E-state index contributed by atoms with van der Waals surface area (Å²) in [5, 5.41) is 11.4. The van der Waals surface area contributed by atoms with Crippen molar-refractivity contribution in [3.63, 3.8) is 0 Å². The molecule has 0 aliphatic carbocycles. The molecule has 0 aliphatic rings. The van der Waals surface area contributed by atoms with E-state index in [0.717, 1.165) is 0 Å². The van der Waals surface area contributed by atoms with E-state index in [1.807, 2.05) is 13.8 Å². The van der Waals surface area contributed by atoms with Crippen molar-refractivity contribution in [3.8, 4) is 0 Å². The Morgan fingerprint density at radius 3 is 2.12 bits per heavy atom. The first-order valence-electron chi connectivity index (χ1n) is 5.33. The van der Waals surface area contributed by atoms with Crippen LogP contribution >= 0.6 is 0 Å². The van der Waals surface area contributed by atoms with Crippen molar-refractivity contribution in [3.05, 3.63) is 0 Å². The predicted octanol–water partition coefficient (Wildman–Crippen LogP) is 2.01. The molecule has 0 fully saturated rings. The Balaban J connectivity index is 4.30. The van der Waals surface area contributed by atoms with Crippen molar-refractivity contribution < 1.29 is 19.4 Å². The Hall–Kier alpha value is -1.26. The summed E-state index contributed by atoms with van der Waals surface area (Å²) < 4.78 is 4.85. The lowest BCUT2D eigenvalue weighted by Gasteiger charge is -2.22. The van der Waals surface area contributed by atoms with Crippen molar-refractivity contribution in [2.24, 2.45) is 5.92 Å². The molecule has 1 amide bonds. The van der Waals surface area contributed by atoms with Crippen LogP contribution in [0.2, 0.25) is 0 Å². The molecular formula is C11H21NO4. The Kier molecular flexibility index (Phi) is 5.27. The number of carbonyl (C=O) groups is 2. The van der Waals surface area contributed by atoms with E-state index in [1.54, 1.807) is 20.8 Å². The topological polar surface area (TPSA) is 75.6 Å². The molecule has 0 unspecified atom stereocenters. The molecule has 0 aromatic heterocycles. The van der Waals surface area contributed by atoms with Gasteiger partial charge in [0.2, 0.25) is 6.10 Å². The van der Waals surface area contributed by atoms with Crippen LogP contribution in [0.1, 0.15) is 41.0 Å². The molecule has 0 aliphatic heterocycles. The minimum Gasteiger partial charge on any atom is -0.479 e. The number of carbonyl (C=O) groups excluding carboxylic acids is 1. The Bertz CT molecular complexity index is 255. The fourth-order valence-corrected chi connectivity index (χ4v) is 1.09. The van der Waals surface area contributed by atoms with E-state index >= 15 is 0 Å². The highest BCUT2D eigenvalue weighted by Crippen LogP contribution is 2.09. The monoisotopic (exact) mass is 231 g/mol. The molecule has 2 N–H and O–H groups in total. The molecule has 5 nitrogen and oxygen atoms in total. The van der Waals surface area contributed by atoms with Crippen LogP contribution in [0.4, 0.5) is 4.79 Å². The molecule has 5 heteroatoms. The smallest absolute Gasteiger partial charge is 0.408 e. The van der Waals surface area contributed by atoms with Gasteiger partial charge >= 0.3 is 12.1 Å². The van der Waals surface area contributed by atoms with Crippen molar-refractivity contribution in [1.29, 1.82) is 0 Å². The number of nitrogens with one attached hydrogen (secondary N) is 1. The maximum absolute atomic E-state index is 11.4. The fourth-order valence-electron chi connectivity index (χ4n) is 1.09. The van der Waals surface area contributed by atoms with Crippen molar-refractivity contribution in [2.45, 2.75) is 52.7 Å². The number of ether oxygens (including phenoxy) is 1. The Morgan fingerprint density at radius 1 is 1.31 bits per heavy atom. The van der Waals surface area contributed by atoms with E-state index in [-0.39, 0.29) is 5.92 Å². The molecular weight excluding hydrogens is 210 g/mol.